The van der Waals surface area contributed by atoms with Gasteiger partial charge in [0.15, 0.2) is 0 Å². The van der Waals surface area contributed by atoms with Crippen LogP contribution in [0.2, 0.25) is 0 Å². The van der Waals surface area contributed by atoms with E-state index in [4.69, 9.17) is 5.26 Å². The van der Waals surface area contributed by atoms with Gasteiger partial charge in [0.2, 0.25) is 6.19 Å². The van der Waals surface area contributed by atoms with Crippen molar-refractivity contribution in [3.8, 4) is 6.19 Å². The van der Waals surface area contributed by atoms with Crippen molar-refractivity contribution in [2.45, 2.75) is 0 Å². The largest absolute Gasteiger partial charge is 0.301 e. The molecule has 0 atom stereocenters. The minimum Gasteiger partial charge on any atom is -0.170 e. The van der Waals surface area contributed by atoms with E-state index < -0.39 is 0 Å². The van der Waals surface area contributed by atoms with Gasteiger partial charge in [-0.3, -0.25) is 0 Å². The Kier molecular flexibility index (Phi) is 1.06. The summed E-state index contributed by atoms with van der Waals surface area (Å²) in [4.78, 5) is 3.12. The zero-order valence-corrected chi connectivity index (χ0v) is 3.68. The van der Waals surface area contributed by atoms with Gasteiger partial charge in [0.05, 0.1) is 0 Å². The molecular formula is C2N6. The molecule has 0 saturated carbocycles. The average Bonchev–Trinajstić information content (AvgIpc) is 2.19. The molecule has 0 radical (unpaired) electrons. The van der Waals surface area contributed by atoms with E-state index in [0.717, 1.165) is 0 Å². The monoisotopic (exact) mass is 108 g/mol. The summed E-state index contributed by atoms with van der Waals surface area (Å²) >= 11 is 0. The number of guanidine groups is 1. The maximum Gasteiger partial charge on any atom is 0.301 e. The maximum atomic E-state index is 7.89. The molecule has 1 aliphatic heterocycles. The first-order valence-corrected chi connectivity index (χ1v) is 1.72. The van der Waals surface area contributed by atoms with Crippen molar-refractivity contribution >= 4 is 5.96 Å². The van der Waals surface area contributed by atoms with Crippen LogP contribution in [0.3, 0.4) is 0 Å². The van der Waals surface area contributed by atoms with Crippen LogP contribution in [0.4, 0.5) is 0 Å². The summed E-state index contributed by atoms with van der Waals surface area (Å²) in [7, 11) is 0. The van der Waals surface area contributed by atoms with E-state index in [1.807, 2.05) is 0 Å². The molecule has 0 fully saturated rings. The number of rotatable bonds is 0. The molecule has 1 rings (SSSR count). The molecule has 0 bridgehead atoms. The molecule has 0 unspecified atom stereocenters. The van der Waals surface area contributed by atoms with Crippen LogP contribution in [-0.2, 0) is 0 Å². The van der Waals surface area contributed by atoms with Crippen LogP contribution in [0.1, 0.15) is 0 Å². The number of nitriles is 1. The maximum absolute atomic E-state index is 7.89. The highest BCUT2D eigenvalue weighted by molar-refractivity contribution is 5.81. The van der Waals surface area contributed by atoms with Crippen LogP contribution in [0.15, 0.2) is 25.7 Å². The highest BCUT2D eigenvalue weighted by Gasteiger charge is 1.96. The molecule has 0 N–H and O–H groups in total. The molecule has 0 aromatic carbocycles. The summed E-state index contributed by atoms with van der Waals surface area (Å²) in [6, 6.07) is 0. The lowest BCUT2D eigenvalue weighted by atomic mass is 11.0. The molecule has 38 valence electrons. The molecule has 1 heterocycles. The SMILES string of the molecule is N#CN=C1N=NN=N1. The summed E-state index contributed by atoms with van der Waals surface area (Å²) in [5.74, 6) is 0.00694. The van der Waals surface area contributed by atoms with Gasteiger partial charge < -0.3 is 0 Å². The van der Waals surface area contributed by atoms with Gasteiger partial charge in [0.25, 0.3) is 0 Å². The Bertz CT molecular complexity index is 189. The van der Waals surface area contributed by atoms with E-state index in [0.29, 0.717) is 0 Å². The molecule has 0 aromatic rings. The Morgan fingerprint density at radius 3 is 2.50 bits per heavy atom. The van der Waals surface area contributed by atoms with Gasteiger partial charge in [0, 0.05) is 0 Å². The quantitative estimate of drug-likeness (QED) is 0.419. The normalized spacial score (nSPS) is 14.1. The summed E-state index contributed by atoms with van der Waals surface area (Å²) < 4.78 is 0. The van der Waals surface area contributed by atoms with Crippen molar-refractivity contribution < 1.29 is 0 Å². The van der Waals surface area contributed by atoms with Gasteiger partial charge in [-0.2, -0.15) is 5.26 Å². The third kappa shape index (κ3) is 0.704. The molecule has 6 nitrogen and oxygen atoms in total. The molecule has 0 aromatic heterocycles. The summed E-state index contributed by atoms with van der Waals surface area (Å²) in [5, 5.41) is 20.5. The van der Waals surface area contributed by atoms with E-state index in [9.17, 15) is 0 Å². The van der Waals surface area contributed by atoms with Crippen LogP contribution in [0.25, 0.3) is 0 Å². The van der Waals surface area contributed by atoms with Gasteiger partial charge in [-0.15, -0.1) is 4.99 Å². The Morgan fingerprint density at radius 1 is 1.38 bits per heavy atom. The van der Waals surface area contributed by atoms with Crippen molar-refractivity contribution in [3.63, 3.8) is 0 Å². The predicted octanol–water partition coefficient (Wildman–Crippen LogP) is 0.656. The van der Waals surface area contributed by atoms with Crippen LogP contribution < -0.4 is 0 Å². The second-order valence-corrected chi connectivity index (χ2v) is 0.891. The third-order valence-electron chi connectivity index (χ3n) is 0.458. The predicted molar refractivity (Wildman–Crippen MR) is 22.8 cm³/mol. The van der Waals surface area contributed by atoms with E-state index in [-0.39, 0.29) is 5.96 Å². The fourth-order valence-electron chi connectivity index (χ4n) is 0.229. The average molecular weight is 108 g/mol. The number of aliphatic imine (C=N–C) groups is 1. The lowest BCUT2D eigenvalue weighted by Gasteiger charge is -1.67. The lowest BCUT2D eigenvalue weighted by molar-refractivity contribution is 1.06. The molecule has 0 spiro atoms. The summed E-state index contributed by atoms with van der Waals surface area (Å²) in [6.45, 7) is 0. The number of hydrogen-bond donors (Lipinski definition) is 0. The first-order valence-electron chi connectivity index (χ1n) is 1.72. The van der Waals surface area contributed by atoms with Gasteiger partial charge in [-0.1, -0.05) is 10.2 Å². The van der Waals surface area contributed by atoms with Gasteiger partial charge in [-0.25, -0.2) is 0 Å². The second kappa shape index (κ2) is 1.88. The number of nitrogens with zero attached hydrogens (tertiary/aromatic N) is 6. The van der Waals surface area contributed by atoms with E-state index in [2.05, 4.69) is 25.7 Å². The zero-order chi connectivity index (χ0) is 5.82. The Hall–Kier alpha value is -1.64. The highest BCUT2D eigenvalue weighted by atomic mass is 15.6. The highest BCUT2D eigenvalue weighted by Crippen LogP contribution is 1.95. The molecule has 0 saturated heterocycles. The third-order valence-corrected chi connectivity index (χ3v) is 0.458. The second-order valence-electron chi connectivity index (χ2n) is 0.891. The zero-order valence-electron chi connectivity index (χ0n) is 3.68. The molecule has 8 heavy (non-hydrogen) atoms. The van der Waals surface area contributed by atoms with E-state index in [1.165, 1.54) is 6.19 Å². The molecule has 1 aliphatic rings. The Balaban J connectivity index is 2.79. The van der Waals surface area contributed by atoms with Gasteiger partial charge in [-0.05, 0) is 10.4 Å². The van der Waals surface area contributed by atoms with Crippen LogP contribution in [0, 0.1) is 11.5 Å². The molecule has 0 amide bonds. The van der Waals surface area contributed by atoms with Crippen LogP contribution in [-0.4, -0.2) is 5.96 Å². The first-order chi connectivity index (χ1) is 3.93. The Morgan fingerprint density at radius 2 is 2.00 bits per heavy atom. The van der Waals surface area contributed by atoms with Crippen molar-refractivity contribution in [1.29, 1.82) is 5.26 Å². The smallest absolute Gasteiger partial charge is 0.170 e. The number of hydrogen-bond acceptors (Lipinski definition) is 4. The molecular weight excluding hydrogens is 108 g/mol. The summed E-state index contributed by atoms with van der Waals surface area (Å²) in [6.07, 6.45) is 1.49. The van der Waals surface area contributed by atoms with Crippen molar-refractivity contribution in [1.82, 2.24) is 0 Å². The minimum atomic E-state index is 0.00694. The van der Waals surface area contributed by atoms with Gasteiger partial charge in [0.1, 0.15) is 0 Å². The van der Waals surface area contributed by atoms with Crippen molar-refractivity contribution in [3.05, 3.63) is 0 Å². The minimum absolute atomic E-state index is 0.00694. The van der Waals surface area contributed by atoms with Crippen LogP contribution >= 0.6 is 0 Å². The topological polar surface area (TPSA) is 85.6 Å². The van der Waals surface area contributed by atoms with E-state index in [1.54, 1.807) is 0 Å². The summed E-state index contributed by atoms with van der Waals surface area (Å²) in [5.41, 5.74) is 0. The van der Waals surface area contributed by atoms with Crippen molar-refractivity contribution in [2.75, 3.05) is 0 Å². The van der Waals surface area contributed by atoms with Crippen LogP contribution in [0.5, 0.6) is 0 Å². The van der Waals surface area contributed by atoms with Gasteiger partial charge >= 0.3 is 5.96 Å². The molecule has 6 heteroatoms. The van der Waals surface area contributed by atoms with Crippen molar-refractivity contribution in [2.24, 2.45) is 25.7 Å². The standard InChI is InChI=1S/C2N6/c3-1-4-2-5-7-8-6-2. The van der Waals surface area contributed by atoms with E-state index >= 15 is 0 Å². The fraction of sp³-hybridized carbons (Fsp3) is 0. The first kappa shape index (κ1) is 4.52. The molecule has 0 aliphatic carbocycles. The lowest BCUT2D eigenvalue weighted by Crippen LogP contribution is -1.77. The fourth-order valence-corrected chi connectivity index (χ4v) is 0.229. The Labute approximate surface area is 44.2 Å².